The fourth-order valence-corrected chi connectivity index (χ4v) is 4.11. The fourth-order valence-electron chi connectivity index (χ4n) is 4.11. The van der Waals surface area contributed by atoms with E-state index in [1.54, 1.807) is 13.8 Å². The maximum atomic E-state index is 11.7. The Bertz CT molecular complexity index is 753. The minimum atomic E-state index is -0.991. The summed E-state index contributed by atoms with van der Waals surface area (Å²) >= 11 is 0. The van der Waals surface area contributed by atoms with Crippen molar-refractivity contribution in [3.8, 4) is 0 Å². The predicted octanol–water partition coefficient (Wildman–Crippen LogP) is 2.99. The Labute approximate surface area is 301 Å². The van der Waals surface area contributed by atoms with Crippen molar-refractivity contribution in [1.29, 1.82) is 0 Å². The van der Waals surface area contributed by atoms with Crippen molar-refractivity contribution in [3.05, 3.63) is 0 Å². The summed E-state index contributed by atoms with van der Waals surface area (Å²) in [5.74, 6) is 0. The summed E-state index contributed by atoms with van der Waals surface area (Å²) < 4.78 is 44.8. The van der Waals surface area contributed by atoms with Gasteiger partial charge in [0.25, 0.3) is 0 Å². The maximum absolute atomic E-state index is 11.7. The first kappa shape index (κ1) is 42.2. The number of hydrogen-bond acceptors (Lipinski definition) is 15. The summed E-state index contributed by atoms with van der Waals surface area (Å²) in [7, 11) is 0. The van der Waals surface area contributed by atoms with E-state index in [1.807, 2.05) is 0 Å². The normalized spacial score (nSPS) is 22.6. The number of aliphatic hydroxyl groups excluding tert-OH is 2. The van der Waals surface area contributed by atoms with E-state index in [9.17, 15) is 29.4 Å². The van der Waals surface area contributed by atoms with Crippen molar-refractivity contribution in [3.63, 3.8) is 0 Å². The third-order valence-electron chi connectivity index (χ3n) is 6.18. The Kier molecular flexibility index (Phi) is 23.9. The molecule has 0 heterocycles. The Morgan fingerprint density at radius 3 is 1.26 bits per heavy atom. The molecular weight excluding hydrogens is 730 g/mol. The van der Waals surface area contributed by atoms with E-state index in [0.29, 0.717) is 25.7 Å². The molecule has 2 aliphatic rings. The van der Waals surface area contributed by atoms with Crippen LogP contribution in [0, 0.1) is 0 Å². The van der Waals surface area contributed by atoms with Crippen molar-refractivity contribution < 1.29 is 137 Å². The van der Waals surface area contributed by atoms with Gasteiger partial charge in [-0.15, -0.1) is 0 Å². The Morgan fingerprint density at radius 1 is 0.581 bits per heavy atom. The summed E-state index contributed by atoms with van der Waals surface area (Å²) in [4.78, 5) is 46.8. The molecule has 0 bridgehead atoms. The van der Waals surface area contributed by atoms with Crippen LogP contribution in [-0.2, 0) is 108 Å². The van der Waals surface area contributed by atoms with E-state index >= 15 is 0 Å². The Hall–Kier alpha value is -0.832. The molecule has 0 amide bonds. The molecule has 0 aliphatic heterocycles. The number of hydrogen-bond donors (Lipinski definition) is 2. The van der Waals surface area contributed by atoms with Crippen LogP contribution >= 0.6 is 0 Å². The molecule has 17 heteroatoms. The van der Waals surface area contributed by atoms with Gasteiger partial charge in [0, 0.05) is 65.4 Å². The average Bonchev–Trinajstić information content (AvgIpc) is 2.91. The van der Waals surface area contributed by atoms with Gasteiger partial charge in [-0.05, 0) is 52.4 Å². The summed E-state index contributed by atoms with van der Waals surface area (Å²) in [6.07, 6.45) is -2.12. The zero-order valence-electron chi connectivity index (χ0n) is 24.7. The van der Waals surface area contributed by atoms with Crippen molar-refractivity contribution in [1.82, 2.24) is 0 Å². The molecule has 6 atom stereocenters. The molecule has 15 nitrogen and oxygen atoms in total. The van der Waals surface area contributed by atoms with E-state index < -0.39 is 61.2 Å². The van der Waals surface area contributed by atoms with Gasteiger partial charge < -0.3 is 52.8 Å². The fraction of sp³-hybridized carbons (Fsp3) is 0.846. The van der Waals surface area contributed by atoms with Gasteiger partial charge in [-0.1, -0.05) is 12.8 Å². The minimum Gasteiger partial charge on any atom is -0.431 e. The van der Waals surface area contributed by atoms with Crippen LogP contribution in [0.1, 0.15) is 65.2 Å². The maximum Gasteiger partial charge on any atom is 0.508 e. The molecule has 2 fully saturated rings. The zero-order chi connectivity index (χ0) is 30.0. The first-order valence-corrected chi connectivity index (χ1v) is 13.9. The molecule has 2 rings (SSSR count). The third kappa shape index (κ3) is 19.3. The summed E-state index contributed by atoms with van der Waals surface area (Å²) in [5.41, 5.74) is 0. The topological polar surface area (TPSA) is 192 Å². The quantitative estimate of drug-likeness (QED) is 0.149. The molecule has 0 aromatic rings. The number of rotatable bonds is 14. The summed E-state index contributed by atoms with van der Waals surface area (Å²) in [5, 5.41) is 19.6. The van der Waals surface area contributed by atoms with Crippen LogP contribution in [0.25, 0.3) is 0 Å². The van der Waals surface area contributed by atoms with Gasteiger partial charge in [-0.3, -0.25) is 0 Å². The molecule has 6 unspecified atom stereocenters. The second-order valence-corrected chi connectivity index (χ2v) is 9.80. The molecule has 0 aromatic heterocycles. The van der Waals surface area contributed by atoms with Gasteiger partial charge >= 0.3 is 24.6 Å². The van der Waals surface area contributed by atoms with Gasteiger partial charge in [0.2, 0.25) is 0 Å². The standard InChI is InChI=1S/C26H42O15.2Y/c1-17(38-23(29)34-11-13-36-25(31)40-21-9-5-3-7-19(21)27)15-33-16-18(2)39-24(30)35-12-14-37-26(32)41-22-10-6-4-8-20(22)28;;/h17-22,27-28H,3-16H2,1-2H3;;. The molecule has 2 saturated carbocycles. The molecule has 242 valence electrons. The Balaban J connectivity index is 0.00000882. The van der Waals surface area contributed by atoms with Gasteiger partial charge in [0.1, 0.15) is 50.8 Å². The van der Waals surface area contributed by atoms with Crippen LogP contribution in [-0.4, -0.2) is 111 Å². The number of carbonyl (C=O) groups excluding carboxylic acids is 4. The van der Waals surface area contributed by atoms with E-state index in [-0.39, 0.29) is 105 Å². The van der Waals surface area contributed by atoms with Gasteiger partial charge in [-0.25, -0.2) is 19.2 Å². The largest absolute Gasteiger partial charge is 0.508 e. The van der Waals surface area contributed by atoms with Crippen molar-refractivity contribution in [2.75, 3.05) is 39.6 Å². The van der Waals surface area contributed by atoms with E-state index in [0.717, 1.165) is 25.7 Å². The molecule has 2 radical (unpaired) electrons. The second kappa shape index (κ2) is 24.4. The zero-order valence-corrected chi connectivity index (χ0v) is 30.4. The van der Waals surface area contributed by atoms with E-state index in [4.69, 9.17) is 42.6 Å². The van der Waals surface area contributed by atoms with Crippen molar-refractivity contribution in [2.24, 2.45) is 0 Å². The molecule has 2 aliphatic carbocycles. The summed E-state index contributed by atoms with van der Waals surface area (Å²) in [6, 6.07) is 0. The molecule has 0 aromatic carbocycles. The number of aliphatic hydroxyl groups is 2. The van der Waals surface area contributed by atoms with Gasteiger partial charge in [0.05, 0.1) is 25.4 Å². The van der Waals surface area contributed by atoms with E-state index in [2.05, 4.69) is 0 Å². The van der Waals surface area contributed by atoms with Crippen molar-refractivity contribution in [2.45, 2.75) is 102 Å². The average molecular weight is 772 g/mol. The first-order chi connectivity index (χ1) is 19.6. The van der Waals surface area contributed by atoms with Crippen LogP contribution in [0.5, 0.6) is 0 Å². The van der Waals surface area contributed by atoms with Crippen LogP contribution in [0.4, 0.5) is 19.2 Å². The van der Waals surface area contributed by atoms with Gasteiger partial charge in [-0.2, -0.15) is 0 Å². The number of ether oxygens (including phenoxy) is 9. The van der Waals surface area contributed by atoms with Crippen molar-refractivity contribution >= 4 is 24.6 Å². The van der Waals surface area contributed by atoms with Crippen LogP contribution in [0.3, 0.4) is 0 Å². The monoisotopic (exact) mass is 772 g/mol. The SMILES string of the molecule is CC(COCC(C)OC(=O)OCCOC(=O)OC1CCCCC1O)OC(=O)OCCOC(=O)OC1CCCCC1O.[Y].[Y]. The molecule has 43 heavy (non-hydrogen) atoms. The van der Waals surface area contributed by atoms with Gasteiger partial charge in [0.15, 0.2) is 0 Å². The molecule has 0 saturated heterocycles. The predicted molar refractivity (Wildman–Crippen MR) is 136 cm³/mol. The molecule has 2 N–H and O–H groups in total. The van der Waals surface area contributed by atoms with Crippen LogP contribution < -0.4 is 0 Å². The smallest absolute Gasteiger partial charge is 0.431 e. The first-order valence-electron chi connectivity index (χ1n) is 13.9. The Morgan fingerprint density at radius 2 is 0.907 bits per heavy atom. The van der Waals surface area contributed by atoms with Crippen LogP contribution in [0.2, 0.25) is 0 Å². The summed E-state index contributed by atoms with van der Waals surface area (Å²) in [6.45, 7) is 2.09. The molecule has 0 spiro atoms. The minimum absolute atomic E-state index is 0. The third-order valence-corrected chi connectivity index (χ3v) is 6.18. The van der Waals surface area contributed by atoms with Crippen LogP contribution in [0.15, 0.2) is 0 Å². The van der Waals surface area contributed by atoms with E-state index in [1.165, 1.54) is 0 Å². The molecular formula is C26H42O15Y2. The second-order valence-electron chi connectivity index (χ2n) is 9.80. The number of carbonyl (C=O) groups is 4.